The first-order chi connectivity index (χ1) is 3.13. The number of aliphatic carboxylic acids is 1. The second kappa shape index (κ2) is 2.58. The maximum absolute atomic E-state index is 9.65. The van der Waals surface area contributed by atoms with Gasteiger partial charge < -0.3 is 5.11 Å². The van der Waals surface area contributed by atoms with Crippen LogP contribution in [0.4, 0.5) is 0 Å². The molecule has 0 heterocycles. The highest BCUT2D eigenvalue weighted by Gasteiger charge is 1.95. The maximum Gasteiger partial charge on any atom is 0.317 e. The standard InChI is InChI=1S/C4H6NO2/c1-5(2)3-4(6)7/h3H2,1H3,(H,6,7). The van der Waals surface area contributed by atoms with E-state index in [4.69, 9.17) is 12.2 Å². The summed E-state index contributed by atoms with van der Waals surface area (Å²) in [6.45, 7) is -0.222. The first kappa shape index (κ1) is 6.43. The molecule has 3 nitrogen and oxygen atoms in total. The molecule has 0 saturated carbocycles. The van der Waals surface area contributed by atoms with Crippen LogP contribution in [-0.4, -0.2) is 29.6 Å². The minimum atomic E-state index is -0.975. The van der Waals surface area contributed by atoms with E-state index in [9.17, 15) is 4.79 Å². The summed E-state index contributed by atoms with van der Waals surface area (Å²) in [5.41, 5.74) is 0. The predicted octanol–water partition coefficient (Wildman–Crippen LogP) is -0.452. The molecule has 0 aliphatic rings. The minimum Gasteiger partial charge on any atom is -0.480 e. The molecule has 0 unspecified atom stereocenters. The summed E-state index contributed by atoms with van der Waals surface area (Å²) in [6.07, 6.45) is 0. The highest BCUT2D eigenvalue weighted by Crippen LogP contribution is 1.72. The lowest BCUT2D eigenvalue weighted by Gasteiger charge is -2.00. The molecule has 0 amide bonds. The fourth-order valence-electron chi connectivity index (χ4n) is 0.203. The third-order valence-corrected chi connectivity index (χ3v) is 0.372. The van der Waals surface area contributed by atoms with Crippen molar-refractivity contribution in [2.75, 3.05) is 13.6 Å². The summed E-state index contributed by atoms with van der Waals surface area (Å²) in [4.78, 5) is 10.5. The molecule has 0 fully saturated rings. The molecular formula is C4H6NO2. The van der Waals surface area contributed by atoms with Gasteiger partial charge in [-0.1, -0.05) is 0 Å². The summed E-state index contributed by atoms with van der Waals surface area (Å²) in [5, 5.41) is 7.92. The molecule has 0 spiro atoms. The molecule has 1 N–H and O–H groups in total. The van der Waals surface area contributed by atoms with E-state index in [0.717, 1.165) is 4.90 Å². The molecule has 7 heavy (non-hydrogen) atoms. The summed E-state index contributed by atoms with van der Waals surface area (Å²) in [6, 6.07) is 0. The molecule has 0 aliphatic carbocycles. The quantitative estimate of drug-likeness (QED) is 0.511. The number of nitrogens with zero attached hydrogens (tertiary/aromatic N) is 1. The first-order valence-corrected chi connectivity index (χ1v) is 1.77. The first-order valence-electron chi connectivity index (χ1n) is 1.77. The molecule has 0 aromatic heterocycles. The zero-order valence-corrected chi connectivity index (χ0v) is 4.01. The van der Waals surface area contributed by atoms with E-state index in [1.165, 1.54) is 7.05 Å². The molecule has 39 valence electrons. The Kier molecular flexibility index (Phi) is 2.37. The molecule has 0 atom stereocenters. The zero-order valence-electron chi connectivity index (χ0n) is 4.01. The Bertz CT molecular complexity index is 70.1. The van der Waals surface area contributed by atoms with E-state index in [0.29, 0.717) is 0 Å². The van der Waals surface area contributed by atoms with Gasteiger partial charge in [0.25, 0.3) is 0 Å². The topological polar surface area (TPSA) is 40.5 Å². The van der Waals surface area contributed by atoms with Crippen molar-refractivity contribution in [1.29, 1.82) is 0 Å². The lowest BCUT2D eigenvalue weighted by molar-refractivity contribution is -0.137. The molecule has 0 aromatic carbocycles. The van der Waals surface area contributed by atoms with Gasteiger partial charge in [-0.2, -0.15) is 0 Å². The molecule has 0 aliphatic heterocycles. The molecule has 0 rings (SSSR count). The Morgan fingerprint density at radius 3 is 2.43 bits per heavy atom. The summed E-state index contributed by atoms with van der Waals surface area (Å²) >= 11 is 0. The number of carboxylic acid groups (broad SMARTS) is 1. The molecule has 3 heteroatoms. The van der Waals surface area contributed by atoms with Crippen LogP contribution < -0.4 is 0 Å². The van der Waals surface area contributed by atoms with Gasteiger partial charge in [-0.05, 0) is 7.05 Å². The highest BCUT2D eigenvalue weighted by molar-refractivity contribution is 5.68. The Hall–Kier alpha value is -0.570. The van der Waals surface area contributed by atoms with Crippen molar-refractivity contribution in [2.24, 2.45) is 0 Å². The number of carboxylic acids is 1. The van der Waals surface area contributed by atoms with E-state index in [1.807, 2.05) is 0 Å². The van der Waals surface area contributed by atoms with Crippen LogP contribution in [0, 0.1) is 7.05 Å². The van der Waals surface area contributed by atoms with Crippen LogP contribution in [0.5, 0.6) is 0 Å². The number of carbonyl (C=O) groups is 1. The van der Waals surface area contributed by atoms with Crippen LogP contribution >= 0.6 is 0 Å². The van der Waals surface area contributed by atoms with Crippen LogP contribution in [0.25, 0.3) is 0 Å². The third-order valence-electron chi connectivity index (χ3n) is 0.372. The van der Waals surface area contributed by atoms with E-state index < -0.39 is 5.97 Å². The lowest BCUT2D eigenvalue weighted by Crippen LogP contribution is -2.18. The Morgan fingerprint density at radius 2 is 2.43 bits per heavy atom. The smallest absolute Gasteiger partial charge is 0.317 e. The molecule has 0 bridgehead atoms. The van der Waals surface area contributed by atoms with Crippen molar-refractivity contribution in [2.45, 2.75) is 0 Å². The van der Waals surface area contributed by atoms with Crippen molar-refractivity contribution >= 4 is 5.97 Å². The van der Waals surface area contributed by atoms with E-state index >= 15 is 0 Å². The van der Waals surface area contributed by atoms with Gasteiger partial charge in [-0.25, -0.2) is 0 Å². The third kappa shape index (κ3) is 5.43. The number of rotatable bonds is 2. The largest absolute Gasteiger partial charge is 0.480 e. The van der Waals surface area contributed by atoms with Gasteiger partial charge in [-0.3, -0.25) is 9.69 Å². The summed E-state index contributed by atoms with van der Waals surface area (Å²) in [7, 11) is 7.94. The monoisotopic (exact) mass is 100 g/mol. The highest BCUT2D eigenvalue weighted by atomic mass is 16.4. The van der Waals surface area contributed by atoms with Crippen molar-refractivity contribution in [3.05, 3.63) is 7.05 Å². The van der Waals surface area contributed by atoms with Gasteiger partial charge in [0, 0.05) is 0 Å². The summed E-state index contributed by atoms with van der Waals surface area (Å²) in [5.74, 6) is -0.975. The minimum absolute atomic E-state index is 0.222. The van der Waals surface area contributed by atoms with Gasteiger partial charge in [0.05, 0.1) is 13.6 Å². The van der Waals surface area contributed by atoms with Gasteiger partial charge in [0.2, 0.25) is 0 Å². The Morgan fingerprint density at radius 1 is 2.00 bits per heavy atom. The SMILES string of the molecule is [C]N(C)CC(=O)O. The summed E-state index contributed by atoms with van der Waals surface area (Å²) < 4.78 is 0. The number of likely N-dealkylation sites (N-methyl/N-ethyl adjacent to an activating group) is 1. The Balaban J connectivity index is 3.13. The average molecular weight is 100 g/mol. The molecule has 0 aromatic rings. The van der Waals surface area contributed by atoms with E-state index in [-0.39, 0.29) is 6.54 Å². The van der Waals surface area contributed by atoms with E-state index in [1.54, 1.807) is 0 Å². The predicted molar refractivity (Wildman–Crippen MR) is 23.5 cm³/mol. The van der Waals surface area contributed by atoms with Crippen LogP contribution in [0.1, 0.15) is 0 Å². The van der Waals surface area contributed by atoms with Crippen LogP contribution in [0.3, 0.4) is 0 Å². The average Bonchev–Trinajstić information content (AvgIpc) is 1.27. The zero-order chi connectivity index (χ0) is 5.86. The van der Waals surface area contributed by atoms with Crippen LogP contribution in [0.2, 0.25) is 0 Å². The fraction of sp³-hybridized carbons (Fsp3) is 0.500. The van der Waals surface area contributed by atoms with Gasteiger partial charge >= 0.3 is 5.97 Å². The second-order valence-electron chi connectivity index (χ2n) is 1.25. The maximum atomic E-state index is 9.65. The normalized spacial score (nSPS) is 9.57. The van der Waals surface area contributed by atoms with Crippen molar-refractivity contribution in [3.63, 3.8) is 0 Å². The van der Waals surface area contributed by atoms with Crippen LogP contribution in [0.15, 0.2) is 0 Å². The van der Waals surface area contributed by atoms with Gasteiger partial charge in [0.15, 0.2) is 0 Å². The van der Waals surface area contributed by atoms with Crippen molar-refractivity contribution in [1.82, 2.24) is 4.90 Å². The van der Waals surface area contributed by atoms with Gasteiger partial charge in [0.1, 0.15) is 0 Å². The molecule has 3 radical (unpaired) electrons. The Labute approximate surface area is 42.5 Å². The lowest BCUT2D eigenvalue weighted by atomic mass is 10.6. The fourth-order valence-corrected chi connectivity index (χ4v) is 0.203. The van der Waals surface area contributed by atoms with Gasteiger partial charge in [-0.15, -0.1) is 0 Å². The second-order valence-corrected chi connectivity index (χ2v) is 1.25. The number of hydrogen-bond donors (Lipinski definition) is 1. The number of hydrogen-bond acceptors (Lipinski definition) is 2. The van der Waals surface area contributed by atoms with Crippen molar-refractivity contribution < 1.29 is 9.90 Å². The molecular weight excluding hydrogens is 94.0 g/mol. The van der Waals surface area contributed by atoms with Crippen LogP contribution in [-0.2, 0) is 4.79 Å². The van der Waals surface area contributed by atoms with E-state index in [2.05, 4.69) is 0 Å². The van der Waals surface area contributed by atoms with Crippen molar-refractivity contribution in [3.8, 4) is 0 Å². The molecule has 0 saturated heterocycles.